The average molecular weight is 404 g/mol. The lowest BCUT2D eigenvalue weighted by molar-refractivity contribution is 0.0551. The van der Waals surface area contributed by atoms with Crippen molar-refractivity contribution in [2.24, 2.45) is 0 Å². The molecule has 30 heavy (non-hydrogen) atoms. The van der Waals surface area contributed by atoms with Crippen molar-refractivity contribution in [2.75, 3.05) is 6.61 Å². The summed E-state index contributed by atoms with van der Waals surface area (Å²) in [6, 6.07) is 11.6. The Morgan fingerprint density at radius 2 is 1.87 bits per heavy atom. The summed E-state index contributed by atoms with van der Waals surface area (Å²) in [6.45, 7) is 2.47. The van der Waals surface area contributed by atoms with Crippen LogP contribution in [0, 0.1) is 0 Å². The van der Waals surface area contributed by atoms with Crippen LogP contribution in [0.15, 0.2) is 53.3 Å². The largest absolute Gasteiger partial charge is 0.493 e. The van der Waals surface area contributed by atoms with E-state index < -0.39 is 0 Å². The summed E-state index contributed by atoms with van der Waals surface area (Å²) < 4.78 is 11.3. The average Bonchev–Trinajstić information content (AvgIpc) is 3.37. The minimum atomic E-state index is 0.0630. The number of piperidine rings is 1. The first kappa shape index (κ1) is 18.8. The zero-order valence-corrected chi connectivity index (χ0v) is 16.9. The van der Waals surface area contributed by atoms with Gasteiger partial charge in [0.1, 0.15) is 5.75 Å². The van der Waals surface area contributed by atoms with Crippen LogP contribution in [0.2, 0.25) is 0 Å². The number of fused-ring (bicyclic) bond motifs is 2. The summed E-state index contributed by atoms with van der Waals surface area (Å²) in [7, 11) is 0. The molecule has 0 N–H and O–H groups in total. The maximum absolute atomic E-state index is 13.4. The Hall–Kier alpha value is -3.22. The van der Waals surface area contributed by atoms with E-state index in [1.807, 2.05) is 43.3 Å². The monoisotopic (exact) mass is 404 g/mol. The zero-order chi connectivity index (χ0) is 20.5. The summed E-state index contributed by atoms with van der Waals surface area (Å²) >= 11 is 0. The topological polar surface area (TPSA) is 81.4 Å². The third-order valence-electron chi connectivity index (χ3n) is 6.11. The van der Waals surface area contributed by atoms with E-state index in [0.717, 1.165) is 31.2 Å². The molecule has 7 nitrogen and oxygen atoms in total. The molecule has 2 bridgehead atoms. The van der Waals surface area contributed by atoms with Crippen molar-refractivity contribution in [2.45, 2.75) is 50.6 Å². The van der Waals surface area contributed by atoms with Crippen molar-refractivity contribution < 1.29 is 14.1 Å². The van der Waals surface area contributed by atoms with Crippen LogP contribution in [-0.2, 0) is 0 Å². The molecule has 1 aromatic carbocycles. The fourth-order valence-electron chi connectivity index (χ4n) is 4.79. The molecule has 1 amide bonds. The number of hydrogen-bond acceptors (Lipinski definition) is 6. The van der Waals surface area contributed by atoms with Crippen LogP contribution in [0.25, 0.3) is 11.4 Å². The van der Waals surface area contributed by atoms with Gasteiger partial charge in [-0.15, -0.1) is 0 Å². The number of aromatic nitrogens is 3. The highest BCUT2D eigenvalue weighted by Crippen LogP contribution is 2.44. The van der Waals surface area contributed by atoms with Crippen molar-refractivity contribution in [1.29, 1.82) is 0 Å². The fraction of sp³-hybridized carbons (Fsp3) is 0.391. The second-order valence-electron chi connectivity index (χ2n) is 7.89. The molecule has 4 heterocycles. The van der Waals surface area contributed by atoms with Crippen LogP contribution >= 0.6 is 0 Å². The van der Waals surface area contributed by atoms with E-state index in [4.69, 9.17) is 9.26 Å². The van der Waals surface area contributed by atoms with Crippen LogP contribution in [0.4, 0.5) is 0 Å². The van der Waals surface area contributed by atoms with Crippen molar-refractivity contribution in [3.05, 3.63) is 60.2 Å². The van der Waals surface area contributed by atoms with Gasteiger partial charge in [-0.05, 0) is 56.9 Å². The lowest BCUT2D eigenvalue weighted by Gasteiger charge is -2.38. The maximum Gasteiger partial charge on any atom is 0.258 e. The van der Waals surface area contributed by atoms with Gasteiger partial charge in [0.15, 0.2) is 0 Å². The first-order chi connectivity index (χ1) is 14.7. The highest BCUT2D eigenvalue weighted by molar-refractivity contribution is 5.97. The molecule has 3 aromatic rings. The number of amides is 1. The molecule has 1 unspecified atom stereocenters. The van der Waals surface area contributed by atoms with Crippen LogP contribution in [0.1, 0.15) is 54.8 Å². The molecule has 3 atom stereocenters. The molecule has 0 saturated carbocycles. The number of benzene rings is 1. The molecule has 154 valence electrons. The lowest BCUT2D eigenvalue weighted by Crippen LogP contribution is -2.46. The van der Waals surface area contributed by atoms with Gasteiger partial charge in [-0.3, -0.25) is 9.78 Å². The smallest absolute Gasteiger partial charge is 0.258 e. The summed E-state index contributed by atoms with van der Waals surface area (Å²) in [6.07, 6.45) is 7.14. The van der Waals surface area contributed by atoms with Gasteiger partial charge in [0.25, 0.3) is 5.91 Å². The van der Waals surface area contributed by atoms with Gasteiger partial charge >= 0.3 is 0 Å². The quantitative estimate of drug-likeness (QED) is 0.637. The molecule has 7 heteroatoms. The lowest BCUT2D eigenvalue weighted by atomic mass is 9.90. The molecule has 2 fully saturated rings. The van der Waals surface area contributed by atoms with E-state index in [1.54, 1.807) is 12.4 Å². The zero-order valence-electron chi connectivity index (χ0n) is 16.9. The highest BCUT2D eigenvalue weighted by Gasteiger charge is 2.45. The third-order valence-corrected chi connectivity index (χ3v) is 6.11. The van der Waals surface area contributed by atoms with Crippen LogP contribution in [0.3, 0.4) is 0 Å². The summed E-state index contributed by atoms with van der Waals surface area (Å²) in [5, 5.41) is 4.15. The van der Waals surface area contributed by atoms with Gasteiger partial charge in [-0.1, -0.05) is 17.3 Å². The minimum absolute atomic E-state index is 0.0630. The number of ether oxygens (including phenoxy) is 1. The normalized spacial score (nSPS) is 22.8. The number of pyridine rings is 1. The number of hydrogen-bond donors (Lipinski definition) is 0. The van der Waals surface area contributed by atoms with Gasteiger partial charge in [0.2, 0.25) is 11.7 Å². The summed E-state index contributed by atoms with van der Waals surface area (Å²) in [4.78, 5) is 24.1. The van der Waals surface area contributed by atoms with Gasteiger partial charge in [0.05, 0.1) is 12.2 Å². The molecular weight excluding hydrogens is 380 g/mol. The van der Waals surface area contributed by atoms with Crippen molar-refractivity contribution in [1.82, 2.24) is 20.0 Å². The number of carbonyl (C=O) groups is 1. The SMILES string of the molecule is CCOc1ccccc1C(=O)N1[C@@H]2CC[C@H]1CC(c1nc(-c3ccncc3)no1)C2. The van der Waals surface area contributed by atoms with Crippen LogP contribution in [0.5, 0.6) is 5.75 Å². The first-order valence-corrected chi connectivity index (χ1v) is 10.5. The second kappa shape index (κ2) is 7.89. The Morgan fingerprint density at radius 3 is 2.60 bits per heavy atom. The van der Waals surface area contributed by atoms with Crippen molar-refractivity contribution >= 4 is 5.91 Å². The number of nitrogens with zero attached hydrogens (tertiary/aromatic N) is 4. The van der Waals surface area contributed by atoms with Crippen LogP contribution in [-0.4, -0.2) is 44.6 Å². The van der Waals surface area contributed by atoms with Gasteiger partial charge in [0, 0.05) is 36.0 Å². The van der Waals surface area contributed by atoms with E-state index in [-0.39, 0.29) is 23.9 Å². The van der Waals surface area contributed by atoms with E-state index in [2.05, 4.69) is 20.0 Å². The molecule has 0 radical (unpaired) electrons. The Balaban J connectivity index is 1.35. The standard InChI is InChI=1S/C23H24N4O3/c1-2-29-20-6-4-3-5-19(20)23(28)27-17-7-8-18(27)14-16(13-17)22-25-21(26-30-22)15-9-11-24-12-10-15/h3-6,9-12,16-18H,2,7-8,13-14H2,1H3/t16?,17-,18+. The van der Waals surface area contributed by atoms with Crippen molar-refractivity contribution in [3.63, 3.8) is 0 Å². The van der Waals surface area contributed by atoms with Gasteiger partial charge in [-0.2, -0.15) is 4.98 Å². The van der Waals surface area contributed by atoms with E-state index in [9.17, 15) is 4.79 Å². The third kappa shape index (κ3) is 3.34. The molecule has 2 aromatic heterocycles. The molecular formula is C23H24N4O3. The Labute approximate surface area is 175 Å². The Bertz CT molecular complexity index is 1020. The molecule has 5 rings (SSSR count). The highest BCUT2D eigenvalue weighted by atomic mass is 16.5. The Morgan fingerprint density at radius 1 is 1.13 bits per heavy atom. The molecule has 0 spiro atoms. The van der Waals surface area contributed by atoms with Crippen molar-refractivity contribution in [3.8, 4) is 17.1 Å². The van der Waals surface area contributed by atoms with Crippen LogP contribution < -0.4 is 4.74 Å². The fourth-order valence-corrected chi connectivity index (χ4v) is 4.79. The predicted molar refractivity (Wildman–Crippen MR) is 110 cm³/mol. The second-order valence-corrected chi connectivity index (χ2v) is 7.89. The molecule has 2 aliphatic heterocycles. The molecule has 2 aliphatic rings. The summed E-state index contributed by atoms with van der Waals surface area (Å²) in [5.41, 5.74) is 1.54. The number of carbonyl (C=O) groups excluding carboxylic acids is 1. The number of para-hydroxylation sites is 1. The predicted octanol–water partition coefficient (Wildman–Crippen LogP) is 4.08. The molecule has 0 aliphatic carbocycles. The van der Waals surface area contributed by atoms with Gasteiger partial charge in [-0.25, -0.2) is 0 Å². The minimum Gasteiger partial charge on any atom is -0.493 e. The molecule has 2 saturated heterocycles. The summed E-state index contributed by atoms with van der Waals surface area (Å²) in [5.74, 6) is 2.15. The van der Waals surface area contributed by atoms with E-state index in [0.29, 0.717) is 29.6 Å². The maximum atomic E-state index is 13.4. The first-order valence-electron chi connectivity index (χ1n) is 10.5. The Kier molecular flexibility index (Phi) is 4.94. The number of rotatable bonds is 5. The van der Waals surface area contributed by atoms with E-state index in [1.165, 1.54) is 0 Å². The van der Waals surface area contributed by atoms with E-state index >= 15 is 0 Å². The van der Waals surface area contributed by atoms with Gasteiger partial charge < -0.3 is 14.2 Å².